The topological polar surface area (TPSA) is 98.5 Å². The number of amides is 1. The Labute approximate surface area is 201 Å². The number of phenols is 1. The number of nitrogens with one attached hydrogen (secondary N) is 1. The van der Waals surface area contributed by atoms with Gasteiger partial charge >= 0.3 is 0 Å². The van der Waals surface area contributed by atoms with Crippen molar-refractivity contribution in [3.63, 3.8) is 0 Å². The van der Waals surface area contributed by atoms with Crippen LogP contribution in [0.5, 0.6) is 17.2 Å². The fraction of sp³-hybridized carbons (Fsp3) is 0.160. The maximum atomic E-state index is 12.6. The van der Waals surface area contributed by atoms with Crippen LogP contribution in [0.3, 0.4) is 0 Å². The molecule has 1 aromatic heterocycles. The Morgan fingerprint density at radius 2 is 1.76 bits per heavy atom. The van der Waals surface area contributed by atoms with Gasteiger partial charge in [-0.2, -0.15) is 0 Å². The van der Waals surface area contributed by atoms with Gasteiger partial charge in [-0.05, 0) is 55.5 Å². The molecule has 174 valence electrons. The minimum absolute atomic E-state index is 0.0795. The molecule has 0 unspecified atom stereocenters. The van der Waals surface area contributed by atoms with Crippen LogP contribution in [0.15, 0.2) is 78.0 Å². The molecule has 4 aromatic rings. The molecule has 0 bridgehead atoms. The first kappa shape index (κ1) is 23.2. The van der Waals surface area contributed by atoms with Gasteiger partial charge in [0.1, 0.15) is 17.2 Å². The van der Waals surface area contributed by atoms with Gasteiger partial charge < -0.3 is 19.9 Å². The highest BCUT2D eigenvalue weighted by Gasteiger charge is 2.21. The molecule has 0 saturated heterocycles. The monoisotopic (exact) mass is 476 g/mol. The number of aromatic nitrogens is 3. The third-order valence-corrected chi connectivity index (χ3v) is 5.81. The first-order valence-corrected chi connectivity index (χ1v) is 11.6. The van der Waals surface area contributed by atoms with Gasteiger partial charge in [0.05, 0.1) is 30.7 Å². The van der Waals surface area contributed by atoms with Gasteiger partial charge in [0, 0.05) is 5.69 Å². The van der Waals surface area contributed by atoms with Crippen LogP contribution in [-0.4, -0.2) is 45.2 Å². The van der Waals surface area contributed by atoms with Gasteiger partial charge in [0.2, 0.25) is 5.91 Å². The fourth-order valence-electron chi connectivity index (χ4n) is 3.36. The van der Waals surface area contributed by atoms with Gasteiger partial charge in [-0.1, -0.05) is 36.0 Å². The predicted octanol–water partition coefficient (Wildman–Crippen LogP) is 4.78. The van der Waals surface area contributed by atoms with E-state index in [4.69, 9.17) is 9.47 Å². The minimum atomic E-state index is -0.187. The fourth-order valence-corrected chi connectivity index (χ4v) is 4.11. The van der Waals surface area contributed by atoms with Crippen molar-refractivity contribution in [2.75, 3.05) is 24.8 Å². The molecule has 0 atom stereocenters. The summed E-state index contributed by atoms with van der Waals surface area (Å²) < 4.78 is 12.7. The highest BCUT2D eigenvalue weighted by atomic mass is 32.2. The summed E-state index contributed by atoms with van der Waals surface area (Å²) >= 11 is 1.24. The van der Waals surface area contributed by atoms with E-state index in [9.17, 15) is 9.90 Å². The molecule has 0 spiro atoms. The molecule has 4 rings (SSSR count). The quantitative estimate of drug-likeness (QED) is 0.336. The Hall–Kier alpha value is -3.98. The third kappa shape index (κ3) is 5.15. The Bertz CT molecular complexity index is 1270. The van der Waals surface area contributed by atoms with Gasteiger partial charge in [-0.15, -0.1) is 10.2 Å². The number of benzene rings is 3. The van der Waals surface area contributed by atoms with Crippen LogP contribution < -0.4 is 14.8 Å². The second kappa shape index (κ2) is 10.8. The Morgan fingerprint density at radius 3 is 2.50 bits per heavy atom. The van der Waals surface area contributed by atoms with Gasteiger partial charge in [-0.25, -0.2) is 0 Å². The standard InChI is InChI=1S/C25H24N4O4S/c1-3-33-18-14-12-17(13-15-18)26-23(31)16-34-25-28-27-24(19-8-4-6-10-21(19)30)29(25)20-9-5-7-11-22(20)32-2/h4-15,30H,3,16H2,1-2H3,(H,26,31). The van der Waals surface area contributed by atoms with Crippen LogP contribution in [0, 0.1) is 0 Å². The Balaban J connectivity index is 1.59. The van der Waals surface area contributed by atoms with Crippen molar-refractivity contribution in [2.45, 2.75) is 12.1 Å². The van der Waals surface area contributed by atoms with Crippen molar-refractivity contribution in [3.05, 3.63) is 72.8 Å². The van der Waals surface area contributed by atoms with E-state index >= 15 is 0 Å². The average molecular weight is 477 g/mol. The molecule has 0 fully saturated rings. The predicted molar refractivity (Wildman–Crippen MR) is 132 cm³/mol. The van der Waals surface area contributed by atoms with E-state index in [1.54, 1.807) is 42.0 Å². The zero-order valence-corrected chi connectivity index (χ0v) is 19.6. The van der Waals surface area contributed by atoms with Crippen molar-refractivity contribution in [1.29, 1.82) is 0 Å². The molecule has 0 aliphatic rings. The molecular weight excluding hydrogens is 452 g/mol. The number of methoxy groups -OCH3 is 1. The molecule has 0 aliphatic carbocycles. The molecule has 9 heteroatoms. The number of carbonyl (C=O) groups excluding carboxylic acids is 1. The van der Waals surface area contributed by atoms with E-state index in [1.807, 2.05) is 49.4 Å². The number of aromatic hydroxyl groups is 1. The van der Waals surface area contributed by atoms with Crippen molar-refractivity contribution < 1.29 is 19.4 Å². The van der Waals surface area contributed by atoms with Crippen LogP contribution in [0.25, 0.3) is 17.1 Å². The zero-order chi connectivity index (χ0) is 23.9. The number of hydrogen-bond acceptors (Lipinski definition) is 7. The maximum absolute atomic E-state index is 12.6. The van der Waals surface area contributed by atoms with E-state index in [0.717, 1.165) is 5.75 Å². The summed E-state index contributed by atoms with van der Waals surface area (Å²) in [4.78, 5) is 12.6. The van der Waals surface area contributed by atoms with Crippen LogP contribution >= 0.6 is 11.8 Å². The summed E-state index contributed by atoms with van der Waals surface area (Å²) in [6.45, 7) is 2.50. The molecule has 1 amide bonds. The number of hydrogen-bond donors (Lipinski definition) is 2. The number of carbonyl (C=O) groups is 1. The van der Waals surface area contributed by atoms with Crippen molar-refractivity contribution in [1.82, 2.24) is 14.8 Å². The largest absolute Gasteiger partial charge is 0.507 e. The van der Waals surface area contributed by atoms with Crippen LogP contribution in [0.1, 0.15) is 6.92 Å². The summed E-state index contributed by atoms with van der Waals surface area (Å²) in [5, 5.41) is 22.4. The number of rotatable bonds is 9. The third-order valence-electron chi connectivity index (χ3n) is 4.89. The SMILES string of the molecule is CCOc1ccc(NC(=O)CSc2nnc(-c3ccccc3O)n2-c2ccccc2OC)cc1. The normalized spacial score (nSPS) is 10.6. The summed E-state index contributed by atoms with van der Waals surface area (Å²) in [5.74, 6) is 1.80. The summed E-state index contributed by atoms with van der Waals surface area (Å²) in [6, 6.07) is 21.5. The molecule has 1 heterocycles. The second-order valence-electron chi connectivity index (χ2n) is 7.12. The molecular formula is C25H24N4O4S. The lowest BCUT2D eigenvalue weighted by atomic mass is 10.2. The lowest BCUT2D eigenvalue weighted by Gasteiger charge is -2.14. The molecule has 0 aliphatic heterocycles. The number of thioether (sulfide) groups is 1. The van der Waals surface area contributed by atoms with Crippen LogP contribution in [0.2, 0.25) is 0 Å². The molecule has 8 nitrogen and oxygen atoms in total. The molecule has 3 aromatic carbocycles. The van der Waals surface area contributed by atoms with E-state index in [1.165, 1.54) is 11.8 Å². The van der Waals surface area contributed by atoms with Gasteiger partial charge in [0.15, 0.2) is 11.0 Å². The van der Waals surface area contributed by atoms with E-state index < -0.39 is 0 Å². The maximum Gasteiger partial charge on any atom is 0.234 e. The number of para-hydroxylation sites is 3. The van der Waals surface area contributed by atoms with Crippen molar-refractivity contribution in [3.8, 4) is 34.3 Å². The van der Waals surface area contributed by atoms with Gasteiger partial charge in [0.25, 0.3) is 0 Å². The second-order valence-corrected chi connectivity index (χ2v) is 8.07. The van der Waals surface area contributed by atoms with Gasteiger partial charge in [-0.3, -0.25) is 9.36 Å². The first-order valence-electron chi connectivity index (χ1n) is 10.6. The van der Waals surface area contributed by atoms with E-state index in [-0.39, 0.29) is 17.4 Å². The average Bonchev–Trinajstić information content (AvgIpc) is 3.28. The summed E-state index contributed by atoms with van der Waals surface area (Å²) in [5.41, 5.74) is 1.89. The smallest absolute Gasteiger partial charge is 0.234 e. The van der Waals surface area contributed by atoms with Crippen molar-refractivity contribution in [2.24, 2.45) is 0 Å². The van der Waals surface area contributed by atoms with Crippen LogP contribution in [0.4, 0.5) is 5.69 Å². The Kier molecular flexibility index (Phi) is 7.34. The number of ether oxygens (including phenoxy) is 2. The number of anilines is 1. The number of phenolic OH excluding ortho intramolecular Hbond substituents is 1. The first-order chi connectivity index (χ1) is 16.6. The Morgan fingerprint density at radius 1 is 1.03 bits per heavy atom. The highest BCUT2D eigenvalue weighted by Crippen LogP contribution is 2.35. The lowest BCUT2D eigenvalue weighted by molar-refractivity contribution is -0.113. The lowest BCUT2D eigenvalue weighted by Crippen LogP contribution is -2.14. The molecule has 2 N–H and O–H groups in total. The zero-order valence-electron chi connectivity index (χ0n) is 18.8. The van der Waals surface area contributed by atoms with E-state index in [2.05, 4.69) is 15.5 Å². The molecule has 0 saturated carbocycles. The van der Waals surface area contributed by atoms with Crippen molar-refractivity contribution >= 4 is 23.4 Å². The van der Waals surface area contributed by atoms with Crippen LogP contribution in [-0.2, 0) is 4.79 Å². The minimum Gasteiger partial charge on any atom is -0.507 e. The van der Waals surface area contributed by atoms with E-state index in [0.29, 0.717) is 40.3 Å². The molecule has 34 heavy (non-hydrogen) atoms. The number of nitrogens with zero attached hydrogens (tertiary/aromatic N) is 3. The molecule has 0 radical (unpaired) electrons. The summed E-state index contributed by atoms with van der Waals surface area (Å²) in [6.07, 6.45) is 0. The highest BCUT2D eigenvalue weighted by molar-refractivity contribution is 7.99. The summed E-state index contributed by atoms with van der Waals surface area (Å²) in [7, 11) is 1.58.